The van der Waals surface area contributed by atoms with Gasteiger partial charge in [-0.15, -0.1) is 0 Å². The van der Waals surface area contributed by atoms with Crippen molar-refractivity contribution in [2.45, 2.75) is 111 Å². The second-order valence-electron chi connectivity index (χ2n) is 10.6. The summed E-state index contributed by atoms with van der Waals surface area (Å²) in [6, 6.07) is 9.92. The summed E-state index contributed by atoms with van der Waals surface area (Å²) in [5.41, 5.74) is 0.534. The number of carbonyl (C=O) groups is 2. The summed E-state index contributed by atoms with van der Waals surface area (Å²) in [6.45, 7) is 12.3. The van der Waals surface area contributed by atoms with Gasteiger partial charge < -0.3 is 0 Å². The molecule has 6 heteroatoms. The number of ether oxygens (including phenoxy) is 2. The molecule has 0 saturated heterocycles. The van der Waals surface area contributed by atoms with Crippen molar-refractivity contribution in [1.82, 2.24) is 5.32 Å². The van der Waals surface area contributed by atoms with E-state index in [9.17, 15) is 9.59 Å². The average molecular weight is 594 g/mol. The van der Waals surface area contributed by atoms with E-state index in [4.69, 9.17) is 9.47 Å². The van der Waals surface area contributed by atoms with Crippen molar-refractivity contribution in [2.24, 2.45) is 0 Å². The summed E-state index contributed by atoms with van der Waals surface area (Å²) < 4.78 is 15.6. The quantitative estimate of drug-likeness (QED) is 0.129. The van der Waals surface area contributed by atoms with Gasteiger partial charge in [0.05, 0.1) is 0 Å². The standard InChI is InChI=1S/C17H22NO4.3C4H9.Sn/c1-17(2,3)22-16(20)18-14(10-11-15(19)21-4)12-13-8-6-5-7-9-13;3*1-3-4-2;/h5-9,11,14H,12H2,1-4H3,(H,18,20);3*1,3-4H2,2H3;/t14-;;;;/m1..../s1. The Morgan fingerprint density at radius 3 is 1.89 bits per heavy atom. The molecule has 0 spiro atoms. The minimum absolute atomic E-state index is 0.285. The van der Waals surface area contributed by atoms with E-state index < -0.39 is 30.1 Å². The van der Waals surface area contributed by atoms with Crippen LogP contribution in [0, 0.1) is 0 Å². The summed E-state index contributed by atoms with van der Waals surface area (Å²) in [4.78, 5) is 25.8. The predicted octanol–water partition coefficient (Wildman–Crippen LogP) is 7.61. The number of benzene rings is 1. The first kappa shape index (κ1) is 31.5. The van der Waals surface area contributed by atoms with Crippen LogP contribution in [0.5, 0.6) is 0 Å². The van der Waals surface area contributed by atoms with E-state index in [1.54, 1.807) is 6.08 Å². The van der Waals surface area contributed by atoms with E-state index in [0.29, 0.717) is 6.42 Å². The van der Waals surface area contributed by atoms with Crippen LogP contribution in [0.1, 0.15) is 85.6 Å². The zero-order chi connectivity index (χ0) is 26.3. The van der Waals surface area contributed by atoms with Gasteiger partial charge in [0.1, 0.15) is 0 Å². The number of esters is 1. The number of unbranched alkanes of at least 4 members (excludes halogenated alkanes) is 3. The van der Waals surface area contributed by atoms with Gasteiger partial charge in [0.25, 0.3) is 0 Å². The molecule has 1 N–H and O–H groups in total. The van der Waals surface area contributed by atoms with E-state index >= 15 is 0 Å². The number of nitrogens with one attached hydrogen (secondary N) is 1. The summed E-state index contributed by atoms with van der Waals surface area (Å²) in [6.07, 6.45) is 8.82. The van der Waals surface area contributed by atoms with E-state index in [2.05, 4.69) is 38.2 Å². The van der Waals surface area contributed by atoms with E-state index in [0.717, 1.165) is 44.1 Å². The Balaban J connectivity index is 3.65. The zero-order valence-electron chi connectivity index (χ0n) is 23.2. The maximum absolute atomic E-state index is 13.0. The van der Waals surface area contributed by atoms with Crippen molar-refractivity contribution in [1.29, 1.82) is 0 Å². The molecule has 0 aromatic heterocycles. The Morgan fingerprint density at radius 1 is 0.943 bits per heavy atom. The number of hydrogen-bond acceptors (Lipinski definition) is 4. The fourth-order valence-corrected chi connectivity index (χ4v) is 22.0. The van der Waals surface area contributed by atoms with Gasteiger partial charge in [0.15, 0.2) is 0 Å². The molecule has 1 aromatic carbocycles. The zero-order valence-corrected chi connectivity index (χ0v) is 26.1. The molecule has 0 radical (unpaired) electrons. The van der Waals surface area contributed by atoms with E-state index in [-0.39, 0.29) is 12.0 Å². The van der Waals surface area contributed by atoms with E-state index in [1.165, 1.54) is 24.0 Å². The third-order valence-electron chi connectivity index (χ3n) is 6.46. The van der Waals surface area contributed by atoms with Crippen LogP contribution in [0.3, 0.4) is 0 Å². The monoisotopic (exact) mass is 595 g/mol. The normalized spacial score (nSPS) is 13.3. The van der Waals surface area contributed by atoms with E-state index in [1.807, 2.05) is 39.0 Å². The van der Waals surface area contributed by atoms with Gasteiger partial charge in [0.2, 0.25) is 0 Å². The average Bonchev–Trinajstić information content (AvgIpc) is 2.81. The molecule has 0 saturated carbocycles. The first-order valence-electron chi connectivity index (χ1n) is 13.4. The van der Waals surface area contributed by atoms with Crippen molar-refractivity contribution >= 4 is 30.4 Å². The van der Waals surface area contributed by atoms with Crippen molar-refractivity contribution in [3.63, 3.8) is 0 Å². The minimum atomic E-state index is -3.11. The van der Waals surface area contributed by atoms with Crippen LogP contribution in [0.2, 0.25) is 13.3 Å². The molecule has 0 aliphatic carbocycles. The third-order valence-corrected chi connectivity index (χ3v) is 22.6. The van der Waals surface area contributed by atoms with Gasteiger partial charge in [-0.3, -0.25) is 0 Å². The van der Waals surface area contributed by atoms with Crippen LogP contribution in [-0.4, -0.2) is 49.2 Å². The molecule has 0 aliphatic rings. The van der Waals surface area contributed by atoms with Gasteiger partial charge in [-0.2, -0.15) is 0 Å². The van der Waals surface area contributed by atoms with Crippen LogP contribution in [0.25, 0.3) is 0 Å². The molecule has 5 nitrogen and oxygen atoms in total. The molecular weight excluding hydrogens is 545 g/mol. The van der Waals surface area contributed by atoms with Gasteiger partial charge in [-0.05, 0) is 0 Å². The van der Waals surface area contributed by atoms with Crippen LogP contribution < -0.4 is 5.32 Å². The van der Waals surface area contributed by atoms with Gasteiger partial charge in [0, 0.05) is 0 Å². The van der Waals surface area contributed by atoms with Crippen molar-refractivity contribution in [2.75, 3.05) is 7.11 Å². The van der Waals surface area contributed by atoms with Crippen LogP contribution in [0.15, 0.2) is 40.0 Å². The van der Waals surface area contributed by atoms with Crippen molar-refractivity contribution in [3.8, 4) is 0 Å². The Kier molecular flexibility index (Phi) is 14.7. The molecule has 1 rings (SSSR count). The Hall–Kier alpha value is -1.50. The van der Waals surface area contributed by atoms with Crippen LogP contribution >= 0.6 is 0 Å². The summed E-state index contributed by atoms with van der Waals surface area (Å²) in [5.74, 6) is -0.324. The summed E-state index contributed by atoms with van der Waals surface area (Å²) in [7, 11) is 1.44. The second-order valence-corrected chi connectivity index (χ2v) is 23.8. The molecule has 1 amide bonds. The number of alkyl carbamates (subject to hydrolysis) is 1. The van der Waals surface area contributed by atoms with Gasteiger partial charge in [-0.25, -0.2) is 0 Å². The summed E-state index contributed by atoms with van der Waals surface area (Å²) >= 11 is -3.11. The molecule has 35 heavy (non-hydrogen) atoms. The van der Waals surface area contributed by atoms with Crippen molar-refractivity contribution in [3.05, 3.63) is 45.6 Å². The topological polar surface area (TPSA) is 64.6 Å². The van der Waals surface area contributed by atoms with Gasteiger partial charge in [-0.1, -0.05) is 0 Å². The first-order chi connectivity index (χ1) is 16.6. The number of methoxy groups -OCH3 is 1. The molecule has 198 valence electrons. The maximum atomic E-state index is 13.0. The Morgan fingerprint density at radius 2 is 1.46 bits per heavy atom. The molecule has 0 heterocycles. The molecule has 1 aromatic rings. The molecular formula is C29H49NO4Sn. The predicted molar refractivity (Wildman–Crippen MR) is 148 cm³/mol. The Bertz CT molecular complexity index is 764. The molecule has 1 atom stereocenters. The molecule has 0 aliphatic heterocycles. The Labute approximate surface area is 218 Å². The van der Waals surface area contributed by atoms with Gasteiger partial charge >= 0.3 is 219 Å². The summed E-state index contributed by atoms with van der Waals surface area (Å²) in [5, 5.41) is 3.20. The number of rotatable bonds is 15. The molecule has 0 unspecified atom stereocenters. The fraction of sp³-hybridized carbons (Fsp3) is 0.655. The molecule has 0 fully saturated rings. The number of amides is 1. The molecule has 0 bridgehead atoms. The van der Waals surface area contributed by atoms with Crippen LogP contribution in [0.4, 0.5) is 4.79 Å². The third kappa shape index (κ3) is 11.9. The fourth-order valence-electron chi connectivity index (χ4n) is 4.70. The second kappa shape index (κ2) is 16.3. The first-order valence-corrected chi connectivity index (χ1v) is 20.9. The van der Waals surface area contributed by atoms with Crippen LogP contribution in [-0.2, 0) is 20.7 Å². The number of hydrogen-bond donors (Lipinski definition) is 1. The SMILES string of the molecule is CCC[CH2][Sn]([CH2]CCC)([CH2]CCC)/[C](=C\C(=O)OC)[C@H](Cc1ccccc1)NC(=O)OC(C)(C)C. The number of carbonyl (C=O) groups excluding carboxylic acids is 2. The van der Waals surface area contributed by atoms with Crippen molar-refractivity contribution < 1.29 is 19.1 Å².